The summed E-state index contributed by atoms with van der Waals surface area (Å²) in [5.74, 6) is -1.19. The second kappa shape index (κ2) is 6.39. The van der Waals surface area contributed by atoms with Gasteiger partial charge in [-0.2, -0.15) is 0 Å². The highest BCUT2D eigenvalue weighted by Gasteiger charge is 2.17. The number of carboxylic acid groups (broad SMARTS) is 1. The van der Waals surface area contributed by atoms with Crippen molar-refractivity contribution >= 4 is 18.1 Å². The molecule has 0 radical (unpaired) electrons. The Bertz CT molecular complexity index is 454. The Morgan fingerprint density at radius 2 is 2.06 bits per heavy atom. The van der Waals surface area contributed by atoms with Gasteiger partial charge in [-0.1, -0.05) is 0 Å². The number of aliphatic carboxylic acids is 1. The van der Waals surface area contributed by atoms with E-state index >= 15 is 0 Å². The van der Waals surface area contributed by atoms with Gasteiger partial charge in [-0.05, 0) is 29.8 Å². The van der Waals surface area contributed by atoms with E-state index in [0.29, 0.717) is 11.3 Å². The molecule has 6 nitrogen and oxygen atoms in total. The minimum absolute atomic E-state index is 0.317. The van der Waals surface area contributed by atoms with Gasteiger partial charge in [-0.25, -0.2) is 4.79 Å². The van der Waals surface area contributed by atoms with Gasteiger partial charge >= 0.3 is 5.97 Å². The average molecular weight is 250 g/mol. The maximum Gasteiger partial charge on any atom is 0.328 e. The lowest BCUT2D eigenvalue weighted by molar-refractivity contribution is -0.140. The largest absolute Gasteiger partial charge is 0.497 e. The molecule has 1 rings (SSSR count). The molecule has 0 fully saturated rings. The molecule has 0 aromatic heterocycles. The third-order valence-electron chi connectivity index (χ3n) is 2.20. The molecule has 0 heterocycles. The molecular weight excluding hydrogens is 236 g/mol. The molecule has 0 aliphatic heterocycles. The summed E-state index contributed by atoms with van der Waals surface area (Å²) >= 11 is 0. The number of benzene rings is 1. The predicted octanol–water partition coefficient (Wildman–Crippen LogP) is 0.443. The summed E-state index contributed by atoms with van der Waals surface area (Å²) in [5, 5.41) is 8.84. The quantitative estimate of drug-likeness (QED) is 0.715. The Balaban J connectivity index is 2.75. The highest BCUT2D eigenvalue weighted by Crippen LogP contribution is 2.10. The maximum absolute atomic E-state index is 10.8. The molecule has 96 valence electrons. The number of ether oxygens (including phenoxy) is 1. The van der Waals surface area contributed by atoms with Crippen LogP contribution in [0.25, 0.3) is 0 Å². The smallest absolute Gasteiger partial charge is 0.328 e. The molecular formula is C12H14N2O4. The van der Waals surface area contributed by atoms with Gasteiger partial charge in [-0.15, -0.1) is 0 Å². The summed E-state index contributed by atoms with van der Waals surface area (Å²) in [5.41, 5.74) is 5.66. The number of rotatable bonds is 6. The fourth-order valence-electron chi connectivity index (χ4n) is 1.26. The number of methoxy groups -OCH3 is 1. The van der Waals surface area contributed by atoms with Gasteiger partial charge in [0, 0.05) is 6.21 Å². The highest BCUT2D eigenvalue weighted by molar-refractivity contribution is 5.87. The van der Waals surface area contributed by atoms with E-state index in [-0.39, 0.29) is 6.42 Å². The Hall–Kier alpha value is -2.37. The highest BCUT2D eigenvalue weighted by atomic mass is 16.5. The van der Waals surface area contributed by atoms with E-state index in [1.54, 1.807) is 31.4 Å². The van der Waals surface area contributed by atoms with Gasteiger partial charge in [-0.3, -0.25) is 9.79 Å². The standard InChI is InChI=1S/C12H14N2O4/c1-18-9-4-2-8(3-5-9)7-14-10(12(16)17)6-11(13)15/h2-5,7,10H,6H2,1H3,(H2,13,15)(H,16,17)/t10-/m0/s1. The summed E-state index contributed by atoms with van der Waals surface area (Å²) < 4.78 is 4.99. The lowest BCUT2D eigenvalue weighted by atomic mass is 10.2. The van der Waals surface area contributed by atoms with Crippen LogP contribution in [-0.2, 0) is 9.59 Å². The molecule has 0 spiro atoms. The summed E-state index contributed by atoms with van der Waals surface area (Å²) in [6, 6.07) is 5.76. The normalized spacial score (nSPS) is 12.3. The van der Waals surface area contributed by atoms with Crippen molar-refractivity contribution in [2.45, 2.75) is 12.5 Å². The number of primary amides is 1. The molecule has 0 unspecified atom stereocenters. The van der Waals surface area contributed by atoms with Crippen molar-refractivity contribution in [1.29, 1.82) is 0 Å². The van der Waals surface area contributed by atoms with Crippen LogP contribution in [0, 0.1) is 0 Å². The van der Waals surface area contributed by atoms with Gasteiger partial charge in [0.25, 0.3) is 0 Å². The number of nitrogens with zero attached hydrogens (tertiary/aromatic N) is 1. The van der Waals surface area contributed by atoms with E-state index in [1.165, 1.54) is 6.21 Å². The summed E-state index contributed by atoms with van der Waals surface area (Å²) in [4.78, 5) is 25.3. The van der Waals surface area contributed by atoms with Gasteiger partial charge in [0.1, 0.15) is 5.75 Å². The van der Waals surface area contributed by atoms with Crippen LogP contribution in [0.4, 0.5) is 0 Å². The zero-order valence-corrected chi connectivity index (χ0v) is 9.87. The van der Waals surface area contributed by atoms with Crippen molar-refractivity contribution in [3.63, 3.8) is 0 Å². The van der Waals surface area contributed by atoms with E-state index < -0.39 is 17.9 Å². The van der Waals surface area contributed by atoms with Gasteiger partial charge in [0.15, 0.2) is 6.04 Å². The van der Waals surface area contributed by atoms with E-state index in [9.17, 15) is 9.59 Å². The molecule has 3 N–H and O–H groups in total. The van der Waals surface area contributed by atoms with Gasteiger partial charge in [0.05, 0.1) is 13.5 Å². The molecule has 0 aliphatic rings. The summed E-state index contributed by atoms with van der Waals surface area (Å²) in [6.07, 6.45) is 1.07. The molecule has 6 heteroatoms. The third-order valence-corrected chi connectivity index (χ3v) is 2.20. The van der Waals surface area contributed by atoms with Crippen molar-refractivity contribution in [3.8, 4) is 5.75 Å². The minimum Gasteiger partial charge on any atom is -0.497 e. The first-order valence-electron chi connectivity index (χ1n) is 5.21. The monoisotopic (exact) mass is 250 g/mol. The predicted molar refractivity (Wildman–Crippen MR) is 65.8 cm³/mol. The first-order chi connectivity index (χ1) is 8.52. The fourth-order valence-corrected chi connectivity index (χ4v) is 1.26. The SMILES string of the molecule is COc1ccc(C=N[C@@H](CC(N)=O)C(=O)O)cc1. The van der Waals surface area contributed by atoms with Crippen LogP contribution < -0.4 is 10.5 Å². The Morgan fingerprint density at radius 1 is 1.44 bits per heavy atom. The lowest BCUT2D eigenvalue weighted by Crippen LogP contribution is -2.25. The molecule has 1 amide bonds. The van der Waals surface area contributed by atoms with Crippen LogP contribution in [-0.4, -0.2) is 36.3 Å². The van der Waals surface area contributed by atoms with E-state index in [4.69, 9.17) is 15.6 Å². The first kappa shape index (κ1) is 13.7. The van der Waals surface area contributed by atoms with Crippen LogP contribution in [0.3, 0.4) is 0 Å². The topological polar surface area (TPSA) is 102 Å². The molecule has 1 atom stereocenters. The van der Waals surface area contributed by atoms with Crippen LogP contribution in [0.5, 0.6) is 5.75 Å². The van der Waals surface area contributed by atoms with Gasteiger partial charge in [0.2, 0.25) is 5.91 Å². The molecule has 1 aromatic carbocycles. The fraction of sp³-hybridized carbons (Fsp3) is 0.250. The molecule has 0 saturated carbocycles. The summed E-state index contributed by atoms with van der Waals surface area (Å²) in [7, 11) is 1.55. The first-order valence-corrected chi connectivity index (χ1v) is 5.21. The Kier molecular flexibility index (Phi) is 4.86. The van der Waals surface area contributed by atoms with Crippen LogP contribution in [0.2, 0.25) is 0 Å². The lowest BCUT2D eigenvalue weighted by Gasteiger charge is -2.04. The number of hydrogen-bond donors (Lipinski definition) is 2. The minimum atomic E-state index is -1.18. The van der Waals surface area contributed by atoms with E-state index in [2.05, 4.69) is 4.99 Å². The van der Waals surface area contributed by atoms with Crippen LogP contribution in [0.1, 0.15) is 12.0 Å². The molecule has 0 aliphatic carbocycles. The zero-order valence-electron chi connectivity index (χ0n) is 9.87. The van der Waals surface area contributed by atoms with E-state index in [1.807, 2.05) is 0 Å². The Morgan fingerprint density at radius 3 is 2.50 bits per heavy atom. The van der Waals surface area contributed by atoms with Crippen molar-refractivity contribution in [1.82, 2.24) is 0 Å². The molecule has 0 bridgehead atoms. The van der Waals surface area contributed by atoms with Crippen molar-refractivity contribution in [3.05, 3.63) is 29.8 Å². The Labute approximate surface area is 104 Å². The van der Waals surface area contributed by atoms with Gasteiger partial charge < -0.3 is 15.6 Å². The second-order valence-electron chi connectivity index (χ2n) is 3.58. The number of carbonyl (C=O) groups excluding carboxylic acids is 1. The van der Waals surface area contributed by atoms with Crippen molar-refractivity contribution in [2.75, 3.05) is 7.11 Å². The number of carbonyl (C=O) groups is 2. The maximum atomic E-state index is 10.8. The van der Waals surface area contributed by atoms with Crippen molar-refractivity contribution < 1.29 is 19.4 Å². The summed E-state index contributed by atoms with van der Waals surface area (Å²) in [6.45, 7) is 0. The number of hydrogen-bond acceptors (Lipinski definition) is 4. The second-order valence-corrected chi connectivity index (χ2v) is 3.58. The average Bonchev–Trinajstić information content (AvgIpc) is 2.34. The van der Waals surface area contributed by atoms with Crippen LogP contribution >= 0.6 is 0 Å². The van der Waals surface area contributed by atoms with Crippen LogP contribution in [0.15, 0.2) is 29.3 Å². The number of nitrogens with two attached hydrogens (primary N) is 1. The number of amides is 1. The van der Waals surface area contributed by atoms with E-state index in [0.717, 1.165) is 0 Å². The molecule has 18 heavy (non-hydrogen) atoms. The zero-order chi connectivity index (χ0) is 13.5. The third kappa shape index (κ3) is 4.25. The number of carboxylic acids is 1. The molecule has 0 saturated heterocycles. The number of aliphatic imine (C=N–C) groups is 1. The van der Waals surface area contributed by atoms with Crippen molar-refractivity contribution in [2.24, 2.45) is 10.7 Å². The molecule has 1 aromatic rings.